The van der Waals surface area contributed by atoms with Gasteiger partial charge in [0.15, 0.2) is 0 Å². The number of anilines is 1. The third-order valence-corrected chi connectivity index (χ3v) is 3.19. The smallest absolute Gasteiger partial charge is 0.203 e. The number of nitrogens with zero attached hydrogens (tertiary/aromatic N) is 2. The van der Waals surface area contributed by atoms with Crippen LogP contribution in [0.15, 0.2) is 6.20 Å². The van der Waals surface area contributed by atoms with E-state index in [1.807, 2.05) is 17.7 Å². The molecular formula is C11H21N3O2S. The van der Waals surface area contributed by atoms with E-state index < -0.39 is 9.84 Å². The molecule has 0 spiro atoms. The molecule has 6 heteroatoms. The molecule has 0 saturated carbocycles. The van der Waals surface area contributed by atoms with Crippen molar-refractivity contribution in [3.8, 4) is 0 Å². The van der Waals surface area contributed by atoms with Gasteiger partial charge in [0, 0.05) is 25.5 Å². The van der Waals surface area contributed by atoms with E-state index in [0.29, 0.717) is 12.5 Å². The summed E-state index contributed by atoms with van der Waals surface area (Å²) in [4.78, 5) is 4.34. The van der Waals surface area contributed by atoms with Crippen molar-refractivity contribution >= 4 is 15.8 Å². The third kappa shape index (κ3) is 5.21. The molecule has 1 aromatic heterocycles. The molecule has 98 valence electrons. The quantitative estimate of drug-likeness (QED) is 0.836. The molecule has 0 radical (unpaired) electrons. The fourth-order valence-electron chi connectivity index (χ4n) is 1.42. The van der Waals surface area contributed by atoms with E-state index in [1.165, 1.54) is 6.26 Å². The summed E-state index contributed by atoms with van der Waals surface area (Å²) < 4.78 is 24.1. The molecule has 0 amide bonds. The Morgan fingerprint density at radius 2 is 2.12 bits per heavy atom. The maximum atomic E-state index is 11.1. The molecule has 0 bridgehead atoms. The first-order chi connectivity index (χ1) is 7.78. The Hall–Kier alpha value is -1.04. The predicted octanol–water partition coefficient (Wildman–Crippen LogP) is 1.30. The summed E-state index contributed by atoms with van der Waals surface area (Å²) in [6, 6.07) is 0. The summed E-state index contributed by atoms with van der Waals surface area (Å²) in [7, 11) is -2.94. The molecular weight excluding hydrogens is 238 g/mol. The minimum Gasteiger partial charge on any atom is -0.355 e. The molecule has 0 aromatic carbocycles. The Morgan fingerprint density at radius 3 is 2.65 bits per heavy atom. The molecule has 17 heavy (non-hydrogen) atoms. The number of aromatic nitrogens is 2. The van der Waals surface area contributed by atoms with Crippen LogP contribution in [0.1, 0.15) is 19.5 Å². The SMILES string of the molecule is Cc1cn(CCS(C)(=O)=O)c(NCC(C)C)n1. The minimum atomic E-state index is -2.94. The lowest BCUT2D eigenvalue weighted by atomic mass is 10.2. The van der Waals surface area contributed by atoms with Crippen LogP contribution in [0.25, 0.3) is 0 Å². The molecule has 0 atom stereocenters. The van der Waals surface area contributed by atoms with Crippen molar-refractivity contribution in [3.05, 3.63) is 11.9 Å². The van der Waals surface area contributed by atoms with Gasteiger partial charge in [0.1, 0.15) is 9.84 Å². The lowest BCUT2D eigenvalue weighted by Crippen LogP contribution is -2.16. The van der Waals surface area contributed by atoms with Crippen molar-refractivity contribution < 1.29 is 8.42 Å². The Bertz CT molecular complexity index is 463. The Labute approximate surface area is 103 Å². The minimum absolute atomic E-state index is 0.138. The Balaban J connectivity index is 2.70. The number of hydrogen-bond acceptors (Lipinski definition) is 4. The van der Waals surface area contributed by atoms with Gasteiger partial charge in [-0.2, -0.15) is 0 Å². The monoisotopic (exact) mass is 259 g/mol. The highest BCUT2D eigenvalue weighted by Gasteiger charge is 2.08. The third-order valence-electron chi connectivity index (χ3n) is 2.27. The highest BCUT2D eigenvalue weighted by Crippen LogP contribution is 2.09. The largest absolute Gasteiger partial charge is 0.355 e. The topological polar surface area (TPSA) is 64.0 Å². The van der Waals surface area contributed by atoms with Crippen molar-refractivity contribution in [2.75, 3.05) is 23.9 Å². The standard InChI is InChI=1S/C11H21N3O2S/c1-9(2)7-12-11-13-10(3)8-14(11)5-6-17(4,15)16/h8-9H,5-7H2,1-4H3,(H,12,13). The Kier molecular flexibility index (Phi) is 4.56. The molecule has 1 heterocycles. The number of hydrogen-bond donors (Lipinski definition) is 1. The first-order valence-electron chi connectivity index (χ1n) is 5.73. The van der Waals surface area contributed by atoms with Gasteiger partial charge in [0.05, 0.1) is 11.4 Å². The normalized spacial score (nSPS) is 12.1. The lowest BCUT2D eigenvalue weighted by molar-refractivity contribution is 0.594. The summed E-state index contributed by atoms with van der Waals surface area (Å²) in [5.74, 6) is 1.41. The van der Waals surface area contributed by atoms with Crippen molar-refractivity contribution in [1.29, 1.82) is 0 Å². The van der Waals surface area contributed by atoms with E-state index in [-0.39, 0.29) is 5.75 Å². The van der Waals surface area contributed by atoms with Crippen LogP contribution in [0.3, 0.4) is 0 Å². The summed E-state index contributed by atoms with van der Waals surface area (Å²) >= 11 is 0. The molecule has 0 fully saturated rings. The average molecular weight is 259 g/mol. The van der Waals surface area contributed by atoms with Gasteiger partial charge in [-0.15, -0.1) is 0 Å². The molecule has 0 aliphatic rings. The number of rotatable bonds is 6. The van der Waals surface area contributed by atoms with Crippen molar-refractivity contribution in [3.63, 3.8) is 0 Å². The van der Waals surface area contributed by atoms with Crippen molar-refractivity contribution in [2.24, 2.45) is 5.92 Å². The zero-order valence-electron chi connectivity index (χ0n) is 10.9. The average Bonchev–Trinajstić information content (AvgIpc) is 2.52. The highest BCUT2D eigenvalue weighted by atomic mass is 32.2. The fourth-order valence-corrected chi connectivity index (χ4v) is 1.95. The van der Waals surface area contributed by atoms with Crippen LogP contribution < -0.4 is 5.32 Å². The highest BCUT2D eigenvalue weighted by molar-refractivity contribution is 7.90. The van der Waals surface area contributed by atoms with Crippen LogP contribution in [-0.2, 0) is 16.4 Å². The number of sulfone groups is 1. The molecule has 0 aliphatic carbocycles. The van der Waals surface area contributed by atoms with Crippen LogP contribution in [0.5, 0.6) is 0 Å². The summed E-state index contributed by atoms with van der Waals surface area (Å²) in [5.41, 5.74) is 0.893. The number of aryl methyl sites for hydroxylation is 2. The van der Waals surface area contributed by atoms with Crippen LogP contribution >= 0.6 is 0 Å². The van der Waals surface area contributed by atoms with Gasteiger partial charge in [0.25, 0.3) is 0 Å². The zero-order valence-corrected chi connectivity index (χ0v) is 11.7. The van der Waals surface area contributed by atoms with Gasteiger partial charge in [-0.3, -0.25) is 0 Å². The van der Waals surface area contributed by atoms with Crippen LogP contribution in [-0.4, -0.2) is 36.5 Å². The van der Waals surface area contributed by atoms with Gasteiger partial charge >= 0.3 is 0 Å². The second-order valence-electron chi connectivity index (χ2n) is 4.80. The molecule has 0 unspecified atom stereocenters. The summed E-state index contributed by atoms with van der Waals surface area (Å²) in [6.07, 6.45) is 3.12. The Morgan fingerprint density at radius 1 is 1.47 bits per heavy atom. The van der Waals surface area contributed by atoms with Gasteiger partial charge in [0.2, 0.25) is 5.95 Å². The second-order valence-corrected chi connectivity index (χ2v) is 7.06. The van der Waals surface area contributed by atoms with Gasteiger partial charge in [-0.25, -0.2) is 13.4 Å². The van der Waals surface area contributed by atoms with Crippen LogP contribution in [0.4, 0.5) is 5.95 Å². The number of imidazole rings is 1. The molecule has 0 aliphatic heterocycles. The van der Waals surface area contributed by atoms with E-state index in [9.17, 15) is 8.42 Å². The summed E-state index contributed by atoms with van der Waals surface area (Å²) in [6.45, 7) is 7.40. The van der Waals surface area contributed by atoms with E-state index in [0.717, 1.165) is 18.2 Å². The summed E-state index contributed by atoms with van der Waals surface area (Å²) in [5, 5.41) is 3.23. The van der Waals surface area contributed by atoms with Crippen molar-refractivity contribution in [2.45, 2.75) is 27.3 Å². The van der Waals surface area contributed by atoms with E-state index in [1.54, 1.807) is 0 Å². The first-order valence-corrected chi connectivity index (χ1v) is 7.79. The second kappa shape index (κ2) is 5.53. The molecule has 1 N–H and O–H groups in total. The zero-order chi connectivity index (χ0) is 13.1. The van der Waals surface area contributed by atoms with E-state index in [4.69, 9.17) is 0 Å². The molecule has 5 nitrogen and oxygen atoms in total. The van der Waals surface area contributed by atoms with Gasteiger partial charge < -0.3 is 9.88 Å². The van der Waals surface area contributed by atoms with Gasteiger partial charge in [-0.05, 0) is 12.8 Å². The first kappa shape index (κ1) is 14.0. The maximum Gasteiger partial charge on any atom is 0.203 e. The van der Waals surface area contributed by atoms with Crippen LogP contribution in [0, 0.1) is 12.8 Å². The maximum absolute atomic E-state index is 11.1. The predicted molar refractivity (Wildman–Crippen MR) is 70.0 cm³/mol. The van der Waals surface area contributed by atoms with Crippen LogP contribution in [0.2, 0.25) is 0 Å². The fraction of sp³-hybridized carbons (Fsp3) is 0.727. The van der Waals surface area contributed by atoms with E-state index in [2.05, 4.69) is 24.1 Å². The molecule has 0 saturated heterocycles. The lowest BCUT2D eigenvalue weighted by Gasteiger charge is -2.10. The van der Waals surface area contributed by atoms with Crippen molar-refractivity contribution in [1.82, 2.24) is 9.55 Å². The molecule has 1 aromatic rings. The number of nitrogens with one attached hydrogen (secondary N) is 1. The van der Waals surface area contributed by atoms with E-state index >= 15 is 0 Å². The van der Waals surface area contributed by atoms with Gasteiger partial charge in [-0.1, -0.05) is 13.8 Å². The molecule has 1 rings (SSSR count).